The Bertz CT molecular complexity index is 541. The van der Waals surface area contributed by atoms with Crippen LogP contribution < -0.4 is 5.73 Å². The van der Waals surface area contributed by atoms with Crippen LogP contribution in [0, 0.1) is 13.8 Å². The molecule has 0 saturated carbocycles. The number of benzene rings is 1. The Labute approximate surface area is 108 Å². The summed E-state index contributed by atoms with van der Waals surface area (Å²) < 4.78 is 0. The van der Waals surface area contributed by atoms with Crippen molar-refractivity contribution in [2.24, 2.45) is 0 Å². The van der Waals surface area contributed by atoms with Crippen LogP contribution in [-0.2, 0) is 6.42 Å². The van der Waals surface area contributed by atoms with E-state index in [0.29, 0.717) is 5.82 Å². The summed E-state index contributed by atoms with van der Waals surface area (Å²) in [6.07, 6.45) is 1.99. The molecule has 0 atom stereocenters. The van der Waals surface area contributed by atoms with E-state index in [1.54, 1.807) is 0 Å². The molecule has 0 fully saturated rings. The minimum atomic E-state index is 0.544. The Morgan fingerprint density at radius 3 is 2.28 bits per heavy atom. The van der Waals surface area contributed by atoms with E-state index in [1.807, 2.05) is 6.07 Å². The lowest BCUT2D eigenvalue weighted by Crippen LogP contribution is -2.00. The maximum atomic E-state index is 5.85. The number of rotatable bonds is 3. The second-order valence-electron chi connectivity index (χ2n) is 4.73. The van der Waals surface area contributed by atoms with Crippen LogP contribution in [0.3, 0.4) is 0 Å². The third-order valence-corrected chi connectivity index (χ3v) is 2.79. The van der Waals surface area contributed by atoms with E-state index in [-0.39, 0.29) is 0 Å². The molecule has 2 aromatic rings. The molecule has 2 N–H and O–H groups in total. The largest absolute Gasteiger partial charge is 0.384 e. The molecule has 0 saturated heterocycles. The third-order valence-electron chi connectivity index (χ3n) is 2.79. The molecular formula is C15H19N3. The van der Waals surface area contributed by atoms with Crippen LogP contribution in [0.15, 0.2) is 24.3 Å². The van der Waals surface area contributed by atoms with Crippen LogP contribution in [0.25, 0.3) is 11.4 Å². The van der Waals surface area contributed by atoms with Crippen molar-refractivity contribution in [3.8, 4) is 11.4 Å². The summed E-state index contributed by atoms with van der Waals surface area (Å²) in [7, 11) is 0. The van der Waals surface area contributed by atoms with Crippen molar-refractivity contribution in [1.82, 2.24) is 9.97 Å². The molecule has 3 heteroatoms. The lowest BCUT2D eigenvalue weighted by Gasteiger charge is -2.07. The van der Waals surface area contributed by atoms with Crippen molar-refractivity contribution in [2.45, 2.75) is 33.6 Å². The quantitative estimate of drug-likeness (QED) is 0.897. The highest BCUT2D eigenvalue weighted by Gasteiger charge is 2.06. The van der Waals surface area contributed by atoms with Gasteiger partial charge in [0.25, 0.3) is 0 Å². The number of hydrogen-bond donors (Lipinski definition) is 1. The van der Waals surface area contributed by atoms with Gasteiger partial charge in [-0.05, 0) is 32.4 Å². The molecule has 0 radical (unpaired) electrons. The van der Waals surface area contributed by atoms with Crippen LogP contribution in [0.5, 0.6) is 0 Å². The molecule has 1 aromatic heterocycles. The highest BCUT2D eigenvalue weighted by Crippen LogP contribution is 2.20. The zero-order valence-electron chi connectivity index (χ0n) is 11.2. The SMILES string of the molecule is CCCc1cc(N)nc(-c2cc(C)cc(C)c2)n1. The van der Waals surface area contributed by atoms with Crippen molar-refractivity contribution in [2.75, 3.05) is 5.73 Å². The highest BCUT2D eigenvalue weighted by atomic mass is 14.9. The lowest BCUT2D eigenvalue weighted by atomic mass is 10.1. The number of anilines is 1. The Hall–Kier alpha value is -1.90. The minimum absolute atomic E-state index is 0.544. The number of nitrogen functional groups attached to an aromatic ring is 1. The number of aryl methyl sites for hydroxylation is 3. The maximum Gasteiger partial charge on any atom is 0.161 e. The van der Waals surface area contributed by atoms with Crippen LogP contribution in [0.4, 0.5) is 5.82 Å². The first kappa shape index (κ1) is 12.6. The van der Waals surface area contributed by atoms with Gasteiger partial charge in [-0.2, -0.15) is 0 Å². The van der Waals surface area contributed by atoms with Crippen LogP contribution in [0.2, 0.25) is 0 Å². The number of nitrogens with two attached hydrogens (primary N) is 1. The monoisotopic (exact) mass is 241 g/mol. The molecule has 94 valence electrons. The first-order valence-corrected chi connectivity index (χ1v) is 6.30. The fraction of sp³-hybridized carbons (Fsp3) is 0.333. The fourth-order valence-corrected chi connectivity index (χ4v) is 2.14. The number of hydrogen-bond acceptors (Lipinski definition) is 3. The molecule has 3 nitrogen and oxygen atoms in total. The second-order valence-corrected chi connectivity index (χ2v) is 4.73. The molecule has 0 spiro atoms. The average molecular weight is 241 g/mol. The van der Waals surface area contributed by atoms with Crippen molar-refractivity contribution >= 4 is 5.82 Å². The molecular weight excluding hydrogens is 222 g/mol. The van der Waals surface area contributed by atoms with Gasteiger partial charge in [0.15, 0.2) is 5.82 Å². The molecule has 1 heterocycles. The standard InChI is InChI=1S/C15H19N3/c1-4-5-13-9-14(16)18-15(17-13)12-7-10(2)6-11(3)8-12/h6-9H,4-5H2,1-3H3,(H2,16,17,18). The van der Waals surface area contributed by atoms with E-state index < -0.39 is 0 Å². The molecule has 0 bridgehead atoms. The summed E-state index contributed by atoms with van der Waals surface area (Å²) >= 11 is 0. The van der Waals surface area contributed by atoms with Crippen molar-refractivity contribution in [3.05, 3.63) is 41.1 Å². The first-order chi connectivity index (χ1) is 8.58. The molecule has 0 unspecified atom stereocenters. The summed E-state index contributed by atoms with van der Waals surface area (Å²) in [6.45, 7) is 6.29. The van der Waals surface area contributed by atoms with Crippen LogP contribution in [0.1, 0.15) is 30.2 Å². The second kappa shape index (κ2) is 5.17. The van der Waals surface area contributed by atoms with Gasteiger partial charge in [0.05, 0.1) is 0 Å². The Balaban J connectivity index is 2.49. The van der Waals surface area contributed by atoms with E-state index in [4.69, 9.17) is 5.73 Å². The van der Waals surface area contributed by atoms with Gasteiger partial charge in [-0.1, -0.05) is 30.5 Å². The Morgan fingerprint density at radius 1 is 1.00 bits per heavy atom. The van der Waals surface area contributed by atoms with Gasteiger partial charge in [-0.15, -0.1) is 0 Å². The molecule has 0 aliphatic rings. The molecule has 2 rings (SSSR count). The maximum absolute atomic E-state index is 5.85. The van der Waals surface area contributed by atoms with Crippen LogP contribution >= 0.6 is 0 Å². The van der Waals surface area contributed by atoms with E-state index in [2.05, 4.69) is 48.9 Å². The topological polar surface area (TPSA) is 51.8 Å². The molecule has 0 aliphatic heterocycles. The Kier molecular flexibility index (Phi) is 3.60. The summed E-state index contributed by atoms with van der Waals surface area (Å²) in [6, 6.07) is 8.19. The number of aromatic nitrogens is 2. The van der Waals surface area contributed by atoms with Gasteiger partial charge < -0.3 is 5.73 Å². The van der Waals surface area contributed by atoms with Gasteiger partial charge >= 0.3 is 0 Å². The van der Waals surface area contributed by atoms with Crippen molar-refractivity contribution in [1.29, 1.82) is 0 Å². The lowest BCUT2D eigenvalue weighted by molar-refractivity contribution is 0.877. The normalized spacial score (nSPS) is 10.6. The molecule has 0 amide bonds. The van der Waals surface area contributed by atoms with E-state index in [9.17, 15) is 0 Å². The zero-order valence-corrected chi connectivity index (χ0v) is 11.2. The Morgan fingerprint density at radius 2 is 1.67 bits per heavy atom. The predicted octanol–water partition coefficient (Wildman–Crippen LogP) is 3.30. The summed E-state index contributed by atoms with van der Waals surface area (Å²) in [4.78, 5) is 8.92. The molecule has 18 heavy (non-hydrogen) atoms. The number of nitrogens with zero attached hydrogens (tertiary/aromatic N) is 2. The van der Waals surface area contributed by atoms with Gasteiger partial charge in [-0.3, -0.25) is 0 Å². The summed E-state index contributed by atoms with van der Waals surface area (Å²) in [5, 5.41) is 0. The van der Waals surface area contributed by atoms with Gasteiger partial charge in [0.2, 0.25) is 0 Å². The van der Waals surface area contributed by atoms with E-state index >= 15 is 0 Å². The molecule has 0 aliphatic carbocycles. The van der Waals surface area contributed by atoms with Crippen molar-refractivity contribution < 1.29 is 0 Å². The average Bonchev–Trinajstić information content (AvgIpc) is 2.27. The van der Waals surface area contributed by atoms with Gasteiger partial charge in [0.1, 0.15) is 5.82 Å². The zero-order chi connectivity index (χ0) is 13.1. The van der Waals surface area contributed by atoms with Crippen LogP contribution in [-0.4, -0.2) is 9.97 Å². The summed E-state index contributed by atoms with van der Waals surface area (Å²) in [5.74, 6) is 1.27. The fourth-order valence-electron chi connectivity index (χ4n) is 2.14. The predicted molar refractivity (Wildman–Crippen MR) is 75.3 cm³/mol. The summed E-state index contributed by atoms with van der Waals surface area (Å²) in [5.41, 5.74) is 10.3. The van der Waals surface area contributed by atoms with Gasteiger partial charge in [-0.25, -0.2) is 9.97 Å². The van der Waals surface area contributed by atoms with Gasteiger partial charge in [0, 0.05) is 17.3 Å². The first-order valence-electron chi connectivity index (χ1n) is 6.30. The minimum Gasteiger partial charge on any atom is -0.384 e. The third kappa shape index (κ3) is 2.86. The smallest absolute Gasteiger partial charge is 0.161 e. The molecule has 1 aromatic carbocycles. The highest BCUT2D eigenvalue weighted by molar-refractivity contribution is 5.59. The van der Waals surface area contributed by atoms with E-state index in [0.717, 1.165) is 29.9 Å². The van der Waals surface area contributed by atoms with E-state index in [1.165, 1.54) is 11.1 Å². The van der Waals surface area contributed by atoms with Crippen molar-refractivity contribution in [3.63, 3.8) is 0 Å².